The Bertz CT molecular complexity index is 871. The van der Waals surface area contributed by atoms with E-state index in [1.807, 2.05) is 51.1 Å². The van der Waals surface area contributed by atoms with E-state index in [1.165, 1.54) is 0 Å². The van der Waals surface area contributed by atoms with Crippen molar-refractivity contribution >= 4 is 28.5 Å². The molecule has 1 amide bonds. The number of rotatable bonds is 2. The summed E-state index contributed by atoms with van der Waals surface area (Å²) in [6.07, 6.45) is 2.91. The van der Waals surface area contributed by atoms with E-state index >= 15 is 0 Å². The van der Waals surface area contributed by atoms with E-state index in [9.17, 15) is 9.59 Å². The summed E-state index contributed by atoms with van der Waals surface area (Å²) in [5.74, 6) is -0.537. The van der Waals surface area contributed by atoms with Crippen molar-refractivity contribution in [3.05, 3.63) is 36.5 Å². The second-order valence-electron chi connectivity index (χ2n) is 7.51. The molecule has 0 radical (unpaired) electrons. The van der Waals surface area contributed by atoms with Crippen molar-refractivity contribution < 1.29 is 14.3 Å². The van der Waals surface area contributed by atoms with E-state index in [-0.39, 0.29) is 11.9 Å². The Labute approximate surface area is 140 Å². The monoisotopic (exact) mass is 324 g/mol. The number of carbonyl (C=O) groups is 2. The van der Waals surface area contributed by atoms with Gasteiger partial charge in [-0.15, -0.1) is 0 Å². The van der Waals surface area contributed by atoms with Gasteiger partial charge in [-0.25, -0.2) is 0 Å². The van der Waals surface area contributed by atoms with Crippen LogP contribution in [-0.2, 0) is 14.3 Å². The van der Waals surface area contributed by atoms with Crippen LogP contribution in [0.25, 0.3) is 10.9 Å². The summed E-state index contributed by atoms with van der Waals surface area (Å²) in [4.78, 5) is 29.8. The molecule has 1 saturated heterocycles. The normalized spacial score (nSPS) is 30.4. The highest BCUT2D eigenvalue weighted by atomic mass is 16.6. The number of amides is 1. The fourth-order valence-corrected chi connectivity index (χ4v) is 4.18. The Balaban J connectivity index is 1.74. The minimum Gasteiger partial charge on any atom is -0.448 e. The fraction of sp³-hybridized carbons (Fsp3) is 0.421. The second kappa shape index (κ2) is 4.56. The van der Waals surface area contributed by atoms with Gasteiger partial charge < -0.3 is 10.1 Å². The third-order valence-corrected chi connectivity index (χ3v) is 6.33. The van der Waals surface area contributed by atoms with Crippen molar-refractivity contribution in [2.45, 2.75) is 39.2 Å². The van der Waals surface area contributed by atoms with E-state index in [0.29, 0.717) is 18.5 Å². The van der Waals surface area contributed by atoms with Crippen molar-refractivity contribution in [1.29, 1.82) is 0 Å². The van der Waals surface area contributed by atoms with Gasteiger partial charge in [-0.2, -0.15) is 0 Å². The van der Waals surface area contributed by atoms with E-state index in [1.54, 1.807) is 6.20 Å². The maximum absolute atomic E-state index is 13.1. The third kappa shape index (κ3) is 1.62. The molecule has 4 rings (SSSR count). The minimum atomic E-state index is -1.12. The van der Waals surface area contributed by atoms with Crippen LogP contribution in [-0.4, -0.2) is 22.5 Å². The molecule has 0 spiro atoms. The highest BCUT2D eigenvalue weighted by molar-refractivity contribution is 6.07. The maximum Gasteiger partial charge on any atom is 0.313 e. The van der Waals surface area contributed by atoms with Crippen molar-refractivity contribution in [1.82, 2.24) is 4.98 Å². The number of esters is 1. The average Bonchev–Trinajstić information content (AvgIpc) is 2.85. The van der Waals surface area contributed by atoms with Crippen LogP contribution in [0.1, 0.15) is 33.6 Å². The zero-order valence-corrected chi connectivity index (χ0v) is 14.1. The number of pyridine rings is 1. The lowest BCUT2D eigenvalue weighted by atomic mass is 9.66. The van der Waals surface area contributed by atoms with Crippen LogP contribution in [0, 0.1) is 10.8 Å². The molecule has 1 aromatic carbocycles. The summed E-state index contributed by atoms with van der Waals surface area (Å²) >= 11 is 0. The van der Waals surface area contributed by atoms with E-state index < -0.39 is 16.4 Å². The van der Waals surface area contributed by atoms with E-state index in [0.717, 1.165) is 10.9 Å². The first-order valence-electron chi connectivity index (χ1n) is 8.20. The van der Waals surface area contributed by atoms with Crippen molar-refractivity contribution in [2.24, 2.45) is 10.8 Å². The number of hydrogen-bond donors (Lipinski definition) is 1. The lowest BCUT2D eigenvalue weighted by molar-refractivity contribution is -0.165. The van der Waals surface area contributed by atoms with Gasteiger partial charge in [0.25, 0.3) is 5.91 Å². The Morgan fingerprint density at radius 3 is 2.58 bits per heavy atom. The minimum absolute atomic E-state index is 0.264. The molecular formula is C19H20N2O3. The molecule has 1 N–H and O–H groups in total. The van der Waals surface area contributed by atoms with Crippen molar-refractivity contribution in [3.8, 4) is 0 Å². The smallest absolute Gasteiger partial charge is 0.313 e. The SMILES string of the molecule is CC1(C)[C@@]2(C)CC[C@]1(C(=O)Nc1cccc3cccnc13)OC2=O. The first-order chi connectivity index (χ1) is 11.3. The van der Waals surface area contributed by atoms with Crippen molar-refractivity contribution in [2.75, 3.05) is 5.32 Å². The molecule has 1 saturated carbocycles. The second-order valence-corrected chi connectivity index (χ2v) is 7.51. The topological polar surface area (TPSA) is 68.3 Å². The Morgan fingerprint density at radius 2 is 1.92 bits per heavy atom. The third-order valence-electron chi connectivity index (χ3n) is 6.33. The number of ether oxygens (including phenoxy) is 1. The summed E-state index contributed by atoms with van der Waals surface area (Å²) in [5.41, 5.74) is -0.913. The lowest BCUT2D eigenvalue weighted by Crippen LogP contribution is -2.50. The molecule has 2 fully saturated rings. The molecule has 24 heavy (non-hydrogen) atoms. The molecule has 0 unspecified atom stereocenters. The molecule has 1 aliphatic carbocycles. The zero-order valence-electron chi connectivity index (χ0n) is 14.1. The Morgan fingerprint density at radius 1 is 1.17 bits per heavy atom. The number of hydrogen-bond acceptors (Lipinski definition) is 4. The van der Waals surface area contributed by atoms with E-state index in [4.69, 9.17) is 4.74 Å². The lowest BCUT2D eigenvalue weighted by Gasteiger charge is -2.35. The first-order valence-corrected chi connectivity index (χ1v) is 8.20. The molecule has 1 aromatic heterocycles. The predicted octanol–water partition coefficient (Wildman–Crippen LogP) is 3.30. The standard InChI is InChI=1S/C19H20N2O3/c1-17(2)18(3)9-10-19(17,24-16(18)23)15(22)21-13-8-4-6-12-7-5-11-20-14(12)13/h4-8,11H,9-10H2,1-3H3,(H,21,22)/t18-,19+/m0/s1. The number of aromatic nitrogens is 1. The largest absolute Gasteiger partial charge is 0.448 e. The van der Waals surface area contributed by atoms with Gasteiger partial charge in [0.15, 0.2) is 5.60 Å². The molecule has 1 aliphatic heterocycles. The van der Waals surface area contributed by atoms with Gasteiger partial charge in [-0.3, -0.25) is 14.6 Å². The van der Waals surface area contributed by atoms with Gasteiger partial charge in [0.1, 0.15) is 0 Å². The summed E-state index contributed by atoms with van der Waals surface area (Å²) in [6, 6.07) is 9.45. The highest BCUT2D eigenvalue weighted by Crippen LogP contribution is 2.65. The molecular weight excluding hydrogens is 304 g/mol. The van der Waals surface area contributed by atoms with Crippen LogP contribution < -0.4 is 5.32 Å². The molecule has 2 aromatic rings. The van der Waals surface area contributed by atoms with Gasteiger partial charge in [0.2, 0.25) is 0 Å². The summed E-state index contributed by atoms with van der Waals surface area (Å²) in [7, 11) is 0. The predicted molar refractivity (Wildman–Crippen MR) is 90.3 cm³/mol. The van der Waals surface area contributed by atoms with Gasteiger partial charge in [0.05, 0.1) is 16.6 Å². The molecule has 2 heterocycles. The number of carbonyl (C=O) groups excluding carboxylic acids is 2. The van der Waals surface area contributed by atoms with Crippen LogP contribution in [0.5, 0.6) is 0 Å². The summed E-state index contributed by atoms with van der Waals surface area (Å²) < 4.78 is 5.64. The van der Waals surface area contributed by atoms with Crippen LogP contribution in [0.3, 0.4) is 0 Å². The fourth-order valence-electron chi connectivity index (χ4n) is 4.18. The van der Waals surface area contributed by atoms with Crippen LogP contribution >= 0.6 is 0 Å². The van der Waals surface area contributed by atoms with Crippen molar-refractivity contribution in [3.63, 3.8) is 0 Å². The molecule has 124 valence electrons. The van der Waals surface area contributed by atoms with Crippen LogP contribution in [0.4, 0.5) is 5.69 Å². The number of anilines is 1. The van der Waals surface area contributed by atoms with E-state index in [2.05, 4.69) is 10.3 Å². The average molecular weight is 324 g/mol. The van der Waals surface area contributed by atoms with Crippen LogP contribution in [0.2, 0.25) is 0 Å². The maximum atomic E-state index is 13.1. The summed E-state index contributed by atoms with van der Waals surface area (Å²) in [6.45, 7) is 5.80. The molecule has 2 bridgehead atoms. The molecule has 5 heteroatoms. The van der Waals surface area contributed by atoms with Gasteiger partial charge in [-0.05, 0) is 31.9 Å². The number of para-hydroxylation sites is 1. The quantitative estimate of drug-likeness (QED) is 0.861. The molecule has 5 nitrogen and oxygen atoms in total. The van der Waals surface area contributed by atoms with Crippen LogP contribution in [0.15, 0.2) is 36.5 Å². The van der Waals surface area contributed by atoms with Gasteiger partial charge in [-0.1, -0.05) is 32.0 Å². The Hall–Kier alpha value is -2.43. The molecule has 2 aliphatic rings. The van der Waals surface area contributed by atoms with Gasteiger partial charge in [0, 0.05) is 17.0 Å². The summed E-state index contributed by atoms with van der Waals surface area (Å²) in [5, 5.41) is 3.91. The van der Waals surface area contributed by atoms with Gasteiger partial charge >= 0.3 is 5.97 Å². The zero-order chi connectivity index (χ0) is 17.2. The number of fused-ring (bicyclic) bond motifs is 3. The highest BCUT2D eigenvalue weighted by Gasteiger charge is 2.75. The first kappa shape index (κ1) is 15.1. The molecule has 2 atom stereocenters. The number of nitrogens with zero attached hydrogens (tertiary/aromatic N) is 1. The number of benzene rings is 1. The Kier molecular flexibility index (Phi) is 2.87. The number of nitrogens with one attached hydrogen (secondary N) is 1.